The van der Waals surface area contributed by atoms with E-state index in [0.29, 0.717) is 22.3 Å². The third-order valence-corrected chi connectivity index (χ3v) is 5.66. The molecule has 0 fully saturated rings. The lowest BCUT2D eigenvalue weighted by molar-refractivity contribution is -0.137. The van der Waals surface area contributed by atoms with Crippen molar-refractivity contribution in [1.82, 2.24) is 20.2 Å². The third-order valence-electron chi connectivity index (χ3n) is 5.29. The van der Waals surface area contributed by atoms with Gasteiger partial charge in [0.1, 0.15) is 28.3 Å². The minimum absolute atomic E-state index is 0.113. The van der Waals surface area contributed by atoms with Crippen molar-refractivity contribution in [3.05, 3.63) is 59.5 Å². The van der Waals surface area contributed by atoms with Crippen LogP contribution in [0.4, 0.5) is 29.2 Å². The van der Waals surface area contributed by atoms with Crippen LogP contribution in [0.5, 0.6) is 5.75 Å². The zero-order chi connectivity index (χ0) is 22.6. The monoisotopic (exact) mass is 463 g/mol. The second-order valence-electron chi connectivity index (χ2n) is 7.17. The Hall–Kier alpha value is -3.40. The second kappa shape index (κ2) is 7.33. The lowest BCUT2D eigenvalue weighted by atomic mass is 10.1. The van der Waals surface area contributed by atoms with E-state index in [9.17, 15) is 17.6 Å². The molecule has 4 aromatic rings. The Balaban J connectivity index is 1.69. The average molecular weight is 464 g/mol. The standard InChI is InChI=1S/C21H14ClF4N5O/c1-32-16-4-2-3-13(23)17(16)19-18-14(8-27-30-18)28-20(29-19)31-9-12(22)11-7-10(21(24,25)26)5-6-15(11)31/h2-8,12H,9H2,1H3,(H,27,30). The first-order valence-corrected chi connectivity index (χ1v) is 9.88. The van der Waals surface area contributed by atoms with Gasteiger partial charge in [-0.1, -0.05) is 6.07 Å². The van der Waals surface area contributed by atoms with Crippen LogP contribution in [0.15, 0.2) is 42.6 Å². The number of hydrogen-bond acceptors (Lipinski definition) is 5. The number of methoxy groups -OCH3 is 1. The number of benzene rings is 2. The molecule has 164 valence electrons. The fourth-order valence-electron chi connectivity index (χ4n) is 3.81. The molecule has 1 aliphatic rings. The molecule has 6 nitrogen and oxygen atoms in total. The quantitative estimate of drug-likeness (QED) is 0.315. The van der Waals surface area contributed by atoms with Crippen LogP contribution < -0.4 is 9.64 Å². The van der Waals surface area contributed by atoms with Crippen LogP contribution in [-0.2, 0) is 6.18 Å². The van der Waals surface area contributed by atoms with Crippen molar-refractivity contribution in [2.45, 2.75) is 11.6 Å². The van der Waals surface area contributed by atoms with Gasteiger partial charge >= 0.3 is 6.18 Å². The molecule has 0 amide bonds. The van der Waals surface area contributed by atoms with Gasteiger partial charge in [-0.05, 0) is 35.9 Å². The minimum atomic E-state index is -4.49. The summed E-state index contributed by atoms with van der Waals surface area (Å²) in [7, 11) is 1.41. The van der Waals surface area contributed by atoms with Gasteiger partial charge in [0.05, 0.1) is 29.8 Å². The van der Waals surface area contributed by atoms with Crippen molar-refractivity contribution in [3.8, 4) is 17.0 Å². The summed E-state index contributed by atoms with van der Waals surface area (Å²) in [5.74, 6) is -0.141. The molecule has 5 rings (SSSR count). The summed E-state index contributed by atoms with van der Waals surface area (Å²) in [5, 5.41) is 6.04. The number of fused-ring (bicyclic) bond motifs is 2. The first-order chi connectivity index (χ1) is 15.3. The van der Waals surface area contributed by atoms with Gasteiger partial charge in [-0.3, -0.25) is 5.10 Å². The highest BCUT2D eigenvalue weighted by Crippen LogP contribution is 2.45. The lowest BCUT2D eigenvalue weighted by Gasteiger charge is -2.19. The predicted molar refractivity (Wildman–Crippen MR) is 111 cm³/mol. The van der Waals surface area contributed by atoms with Gasteiger partial charge in [-0.25, -0.2) is 14.4 Å². The largest absolute Gasteiger partial charge is 0.496 e. The Kier molecular flexibility index (Phi) is 4.70. The van der Waals surface area contributed by atoms with E-state index in [1.807, 2.05) is 0 Å². The van der Waals surface area contributed by atoms with E-state index < -0.39 is 22.9 Å². The number of ether oxygens (including phenoxy) is 1. The van der Waals surface area contributed by atoms with E-state index in [-0.39, 0.29) is 29.5 Å². The zero-order valence-corrected chi connectivity index (χ0v) is 17.2. The van der Waals surface area contributed by atoms with Crippen molar-refractivity contribution in [1.29, 1.82) is 0 Å². The highest BCUT2D eigenvalue weighted by molar-refractivity contribution is 6.22. The molecule has 0 radical (unpaired) electrons. The van der Waals surface area contributed by atoms with Gasteiger partial charge in [-0.15, -0.1) is 11.6 Å². The topological polar surface area (TPSA) is 66.9 Å². The van der Waals surface area contributed by atoms with E-state index >= 15 is 0 Å². The number of aromatic amines is 1. The number of hydrogen-bond donors (Lipinski definition) is 1. The smallest absolute Gasteiger partial charge is 0.416 e. The summed E-state index contributed by atoms with van der Waals surface area (Å²) >= 11 is 6.37. The molecule has 0 saturated heterocycles. The molecular weight excluding hydrogens is 450 g/mol. The Morgan fingerprint density at radius 2 is 2.00 bits per heavy atom. The van der Waals surface area contributed by atoms with Gasteiger partial charge in [0.15, 0.2) is 0 Å². The maximum absolute atomic E-state index is 14.8. The SMILES string of the molecule is COc1cccc(F)c1-c1nc(N2CC(Cl)c3cc(C(F)(F)F)ccc32)nc2cn[nH]c12. The van der Waals surface area contributed by atoms with Gasteiger partial charge < -0.3 is 9.64 Å². The van der Waals surface area contributed by atoms with Crippen molar-refractivity contribution in [2.75, 3.05) is 18.6 Å². The predicted octanol–water partition coefficient (Wildman–Crippen LogP) is 5.62. The number of aromatic nitrogens is 4. The van der Waals surface area contributed by atoms with Crippen LogP contribution in [0.1, 0.15) is 16.5 Å². The summed E-state index contributed by atoms with van der Waals surface area (Å²) in [6.07, 6.45) is -3.03. The molecule has 0 aliphatic carbocycles. The molecule has 2 aromatic carbocycles. The summed E-state index contributed by atoms with van der Waals surface area (Å²) in [6, 6.07) is 7.74. The van der Waals surface area contributed by atoms with Crippen molar-refractivity contribution < 1.29 is 22.3 Å². The minimum Gasteiger partial charge on any atom is -0.496 e. The van der Waals surface area contributed by atoms with E-state index in [1.54, 1.807) is 11.0 Å². The molecule has 0 bridgehead atoms. The van der Waals surface area contributed by atoms with Crippen LogP contribution in [0.3, 0.4) is 0 Å². The maximum Gasteiger partial charge on any atom is 0.416 e. The number of alkyl halides is 4. The fourth-order valence-corrected chi connectivity index (χ4v) is 4.12. The van der Waals surface area contributed by atoms with E-state index in [0.717, 1.165) is 12.1 Å². The highest BCUT2D eigenvalue weighted by Gasteiger charge is 2.36. The van der Waals surface area contributed by atoms with Crippen molar-refractivity contribution in [2.24, 2.45) is 0 Å². The Labute approximate surface area is 183 Å². The van der Waals surface area contributed by atoms with Gasteiger partial charge in [0.2, 0.25) is 5.95 Å². The molecule has 1 aliphatic heterocycles. The van der Waals surface area contributed by atoms with Crippen LogP contribution in [0.25, 0.3) is 22.3 Å². The molecule has 2 aromatic heterocycles. The number of nitrogens with zero attached hydrogens (tertiary/aromatic N) is 4. The molecular formula is C21H14ClF4N5O. The van der Waals surface area contributed by atoms with Crippen molar-refractivity contribution >= 4 is 34.3 Å². The molecule has 1 N–H and O–H groups in total. The summed E-state index contributed by atoms with van der Waals surface area (Å²) < 4.78 is 59.6. The number of anilines is 2. The van der Waals surface area contributed by atoms with Crippen LogP contribution in [0, 0.1) is 5.82 Å². The number of rotatable bonds is 3. The summed E-state index contributed by atoms with van der Waals surface area (Å²) in [4.78, 5) is 10.6. The number of H-pyrrole nitrogens is 1. The normalized spacial score (nSPS) is 15.9. The first-order valence-electron chi connectivity index (χ1n) is 9.44. The van der Waals surface area contributed by atoms with Crippen molar-refractivity contribution in [3.63, 3.8) is 0 Å². The third kappa shape index (κ3) is 3.22. The van der Waals surface area contributed by atoms with E-state index in [4.69, 9.17) is 16.3 Å². The van der Waals surface area contributed by atoms with Gasteiger partial charge in [0, 0.05) is 12.2 Å². The Morgan fingerprint density at radius 3 is 2.75 bits per heavy atom. The van der Waals surface area contributed by atoms with E-state index in [1.165, 1.54) is 31.5 Å². The van der Waals surface area contributed by atoms with E-state index in [2.05, 4.69) is 20.2 Å². The zero-order valence-electron chi connectivity index (χ0n) is 16.4. The van der Waals surface area contributed by atoms with Crippen LogP contribution >= 0.6 is 11.6 Å². The van der Waals surface area contributed by atoms with Gasteiger partial charge in [0.25, 0.3) is 0 Å². The first kappa shape index (κ1) is 20.5. The lowest BCUT2D eigenvalue weighted by Crippen LogP contribution is -2.17. The Bertz CT molecular complexity index is 1340. The average Bonchev–Trinajstić information content (AvgIpc) is 3.36. The van der Waals surface area contributed by atoms with Crippen LogP contribution in [0.2, 0.25) is 0 Å². The maximum atomic E-state index is 14.8. The van der Waals surface area contributed by atoms with Gasteiger partial charge in [-0.2, -0.15) is 18.3 Å². The molecule has 0 saturated carbocycles. The fraction of sp³-hybridized carbons (Fsp3) is 0.190. The molecule has 0 spiro atoms. The summed E-state index contributed by atoms with van der Waals surface area (Å²) in [6.45, 7) is 0.148. The second-order valence-corrected chi connectivity index (χ2v) is 7.70. The van der Waals surface area contributed by atoms with Crippen LogP contribution in [-0.4, -0.2) is 33.8 Å². The number of nitrogens with one attached hydrogen (secondary N) is 1. The molecule has 1 atom stereocenters. The molecule has 11 heteroatoms. The molecule has 32 heavy (non-hydrogen) atoms. The molecule has 3 heterocycles. The Morgan fingerprint density at radius 1 is 1.19 bits per heavy atom. The molecule has 1 unspecified atom stereocenters. The highest BCUT2D eigenvalue weighted by atomic mass is 35.5. The summed E-state index contributed by atoms with van der Waals surface area (Å²) in [5.41, 5.74) is 1.11. The number of halogens is 5.